The van der Waals surface area contributed by atoms with Crippen molar-refractivity contribution in [2.24, 2.45) is 0 Å². The van der Waals surface area contributed by atoms with E-state index in [1.54, 1.807) is 50.6 Å². The first-order valence-electron chi connectivity index (χ1n) is 6.28. The second-order valence-corrected chi connectivity index (χ2v) is 5.50. The Morgan fingerprint density at radius 3 is 2.36 bits per heavy atom. The van der Waals surface area contributed by atoms with E-state index in [1.807, 2.05) is 0 Å². The van der Waals surface area contributed by atoms with Crippen molar-refractivity contribution in [1.29, 1.82) is 0 Å². The smallest absolute Gasteiger partial charge is 0.175 e. The van der Waals surface area contributed by atoms with E-state index < -0.39 is 0 Å². The van der Waals surface area contributed by atoms with Gasteiger partial charge < -0.3 is 20.1 Å². The van der Waals surface area contributed by atoms with Gasteiger partial charge in [0.25, 0.3) is 0 Å². The molecule has 0 fully saturated rings. The third-order valence-electron chi connectivity index (χ3n) is 2.83. The van der Waals surface area contributed by atoms with Gasteiger partial charge in [-0.3, -0.25) is 0 Å². The molecule has 2 aromatic rings. The molecule has 7 heteroatoms. The van der Waals surface area contributed by atoms with Gasteiger partial charge in [0.1, 0.15) is 11.5 Å². The Bertz CT molecular complexity index is 695. The van der Waals surface area contributed by atoms with Crippen LogP contribution in [0.15, 0.2) is 36.4 Å². The number of hydrogen-bond donors (Lipinski definition) is 2. The molecule has 0 amide bonds. The topological polar surface area (TPSA) is 42.5 Å². The van der Waals surface area contributed by atoms with Crippen molar-refractivity contribution in [2.75, 3.05) is 24.9 Å². The van der Waals surface area contributed by atoms with Crippen LogP contribution in [-0.4, -0.2) is 19.3 Å². The maximum atomic E-state index is 5.97. The zero-order valence-electron chi connectivity index (χ0n) is 11.9. The Hall–Kier alpha value is -1.69. The van der Waals surface area contributed by atoms with Crippen LogP contribution in [0.3, 0.4) is 0 Å². The molecule has 0 heterocycles. The van der Waals surface area contributed by atoms with Crippen molar-refractivity contribution in [3.63, 3.8) is 0 Å². The van der Waals surface area contributed by atoms with E-state index in [1.165, 1.54) is 0 Å². The minimum atomic E-state index is 0.393. The second-order valence-electron chi connectivity index (χ2n) is 4.27. The Labute approximate surface area is 144 Å². The van der Waals surface area contributed by atoms with E-state index in [-0.39, 0.29) is 0 Å². The van der Waals surface area contributed by atoms with Gasteiger partial charge in [0, 0.05) is 11.8 Å². The standard InChI is InChI=1S/C15H14Cl2N2O2S/c1-20-10-4-6-14(21-2)13(8-10)19-15(22)18-9-3-5-11(16)12(17)7-9/h3-8H,1-2H3,(H2,18,19,22). The first kappa shape index (κ1) is 16.7. The van der Waals surface area contributed by atoms with Crippen LogP contribution in [0, 0.1) is 0 Å². The maximum Gasteiger partial charge on any atom is 0.175 e. The Morgan fingerprint density at radius 1 is 0.955 bits per heavy atom. The van der Waals surface area contributed by atoms with Gasteiger partial charge in [-0.1, -0.05) is 23.2 Å². The summed E-state index contributed by atoms with van der Waals surface area (Å²) in [4.78, 5) is 0. The van der Waals surface area contributed by atoms with E-state index in [2.05, 4.69) is 10.6 Å². The normalized spacial score (nSPS) is 10.0. The molecule has 116 valence electrons. The molecule has 0 radical (unpaired) electrons. The molecule has 0 aliphatic heterocycles. The van der Waals surface area contributed by atoms with E-state index in [0.717, 1.165) is 5.69 Å². The van der Waals surface area contributed by atoms with Crippen LogP contribution >= 0.6 is 35.4 Å². The molecule has 0 atom stereocenters. The van der Waals surface area contributed by atoms with Gasteiger partial charge in [0.2, 0.25) is 0 Å². The van der Waals surface area contributed by atoms with Crippen LogP contribution in [-0.2, 0) is 0 Å². The van der Waals surface area contributed by atoms with Gasteiger partial charge >= 0.3 is 0 Å². The van der Waals surface area contributed by atoms with Gasteiger partial charge in [0.05, 0.1) is 30.0 Å². The number of hydrogen-bond acceptors (Lipinski definition) is 3. The molecular weight excluding hydrogens is 343 g/mol. The summed E-state index contributed by atoms with van der Waals surface area (Å²) in [5.41, 5.74) is 1.42. The lowest BCUT2D eigenvalue weighted by Crippen LogP contribution is -2.19. The molecule has 2 N–H and O–H groups in total. The highest BCUT2D eigenvalue weighted by Crippen LogP contribution is 2.29. The number of anilines is 2. The van der Waals surface area contributed by atoms with Crippen LogP contribution < -0.4 is 20.1 Å². The molecular formula is C15H14Cl2N2O2S. The summed E-state index contributed by atoms with van der Waals surface area (Å²) in [7, 11) is 3.18. The fourth-order valence-electron chi connectivity index (χ4n) is 1.77. The van der Waals surface area contributed by atoms with Gasteiger partial charge in [-0.05, 0) is 42.5 Å². The van der Waals surface area contributed by atoms with E-state index in [0.29, 0.717) is 32.3 Å². The van der Waals surface area contributed by atoms with Gasteiger partial charge in [-0.15, -0.1) is 0 Å². The number of nitrogens with one attached hydrogen (secondary N) is 2. The Balaban J connectivity index is 2.12. The predicted molar refractivity (Wildman–Crippen MR) is 95.9 cm³/mol. The van der Waals surface area contributed by atoms with Gasteiger partial charge in [-0.25, -0.2) is 0 Å². The highest BCUT2D eigenvalue weighted by atomic mass is 35.5. The van der Waals surface area contributed by atoms with Crippen LogP contribution in [0.2, 0.25) is 10.0 Å². The first-order valence-corrected chi connectivity index (χ1v) is 7.45. The third kappa shape index (κ3) is 4.16. The molecule has 0 unspecified atom stereocenters. The number of rotatable bonds is 4. The molecule has 2 rings (SSSR count). The van der Waals surface area contributed by atoms with Gasteiger partial charge in [0.15, 0.2) is 5.11 Å². The molecule has 0 aliphatic rings. The van der Waals surface area contributed by atoms with Crippen LogP contribution in [0.25, 0.3) is 0 Å². The molecule has 4 nitrogen and oxygen atoms in total. The monoisotopic (exact) mass is 356 g/mol. The highest BCUT2D eigenvalue weighted by molar-refractivity contribution is 7.80. The molecule has 0 saturated carbocycles. The van der Waals surface area contributed by atoms with Gasteiger partial charge in [-0.2, -0.15) is 0 Å². The fourth-order valence-corrected chi connectivity index (χ4v) is 2.30. The summed E-state index contributed by atoms with van der Waals surface area (Å²) in [6.45, 7) is 0. The average molecular weight is 357 g/mol. The largest absolute Gasteiger partial charge is 0.497 e. The number of thiocarbonyl (C=S) groups is 1. The van der Waals surface area contributed by atoms with Crippen molar-refractivity contribution in [2.45, 2.75) is 0 Å². The minimum absolute atomic E-state index is 0.393. The Morgan fingerprint density at radius 2 is 1.73 bits per heavy atom. The highest BCUT2D eigenvalue weighted by Gasteiger charge is 2.08. The van der Waals surface area contributed by atoms with Crippen molar-refractivity contribution < 1.29 is 9.47 Å². The lowest BCUT2D eigenvalue weighted by Gasteiger charge is -2.14. The summed E-state index contributed by atoms with van der Waals surface area (Å²) < 4.78 is 10.5. The van der Waals surface area contributed by atoms with Crippen molar-refractivity contribution >= 4 is 51.9 Å². The summed E-state index contributed by atoms with van der Waals surface area (Å²) in [6.07, 6.45) is 0. The van der Waals surface area contributed by atoms with Crippen molar-refractivity contribution in [3.8, 4) is 11.5 Å². The van der Waals surface area contributed by atoms with Crippen LogP contribution in [0.5, 0.6) is 11.5 Å². The van der Waals surface area contributed by atoms with E-state index in [9.17, 15) is 0 Å². The van der Waals surface area contributed by atoms with Crippen molar-refractivity contribution in [1.82, 2.24) is 0 Å². The van der Waals surface area contributed by atoms with Crippen LogP contribution in [0.4, 0.5) is 11.4 Å². The molecule has 2 aromatic carbocycles. The second kappa shape index (κ2) is 7.54. The van der Waals surface area contributed by atoms with E-state index in [4.69, 9.17) is 44.9 Å². The third-order valence-corrected chi connectivity index (χ3v) is 3.78. The summed E-state index contributed by atoms with van der Waals surface area (Å²) in [6, 6.07) is 10.6. The quantitative estimate of drug-likeness (QED) is 0.768. The SMILES string of the molecule is COc1ccc(OC)c(NC(=S)Nc2ccc(Cl)c(Cl)c2)c1. The maximum absolute atomic E-state index is 5.97. The fraction of sp³-hybridized carbons (Fsp3) is 0.133. The Kier molecular flexibility index (Phi) is 5.71. The number of benzene rings is 2. The lowest BCUT2D eigenvalue weighted by molar-refractivity contribution is 0.405. The summed E-state index contributed by atoms with van der Waals surface area (Å²) in [5, 5.41) is 7.42. The van der Waals surface area contributed by atoms with Crippen LogP contribution in [0.1, 0.15) is 0 Å². The lowest BCUT2D eigenvalue weighted by atomic mass is 10.2. The molecule has 0 saturated heterocycles. The van der Waals surface area contributed by atoms with E-state index >= 15 is 0 Å². The molecule has 22 heavy (non-hydrogen) atoms. The molecule has 0 bridgehead atoms. The first-order chi connectivity index (χ1) is 10.5. The summed E-state index contributed by atoms with van der Waals surface area (Å²) in [5.74, 6) is 1.35. The minimum Gasteiger partial charge on any atom is -0.497 e. The average Bonchev–Trinajstić information content (AvgIpc) is 2.50. The zero-order valence-corrected chi connectivity index (χ0v) is 14.3. The summed E-state index contributed by atoms with van der Waals surface area (Å²) >= 11 is 17.1. The predicted octanol–water partition coefficient (Wildman–Crippen LogP) is 4.82. The number of methoxy groups -OCH3 is 2. The number of ether oxygens (including phenoxy) is 2. The van der Waals surface area contributed by atoms with Crippen molar-refractivity contribution in [3.05, 3.63) is 46.4 Å². The zero-order chi connectivity index (χ0) is 16.1. The molecule has 0 spiro atoms. The number of halogens is 2. The molecule has 0 aliphatic carbocycles. The molecule has 0 aromatic heterocycles.